The number of rotatable bonds is 3. The van der Waals surface area contributed by atoms with Gasteiger partial charge in [-0.2, -0.15) is 0 Å². The molecule has 1 aromatic rings. The minimum atomic E-state index is -0.412. The lowest BCUT2D eigenvalue weighted by Crippen LogP contribution is -2.14. The van der Waals surface area contributed by atoms with E-state index < -0.39 is 5.43 Å². The average Bonchev–Trinajstić information content (AvgIpc) is 2.11. The zero-order valence-corrected chi connectivity index (χ0v) is 7.49. The van der Waals surface area contributed by atoms with Gasteiger partial charge in [0.15, 0.2) is 5.75 Å². The zero-order valence-electron chi connectivity index (χ0n) is 7.49. The smallest absolute Gasteiger partial charge is 0.226 e. The van der Waals surface area contributed by atoms with E-state index in [2.05, 4.69) is 0 Å². The first-order chi connectivity index (χ1) is 6.13. The molecule has 0 aliphatic carbocycles. The highest BCUT2D eigenvalue weighted by Crippen LogP contribution is 2.08. The van der Waals surface area contributed by atoms with Crippen molar-refractivity contribution in [3.63, 3.8) is 0 Å². The van der Waals surface area contributed by atoms with Crippen LogP contribution in [0.3, 0.4) is 0 Å². The second kappa shape index (κ2) is 4.09. The summed E-state index contributed by atoms with van der Waals surface area (Å²) in [7, 11) is 0. The maximum atomic E-state index is 11.0. The summed E-state index contributed by atoms with van der Waals surface area (Å²) < 4.78 is 5.01. The zero-order chi connectivity index (χ0) is 9.84. The summed E-state index contributed by atoms with van der Waals surface area (Å²) in [6.07, 6.45) is 1.67. The van der Waals surface area contributed by atoms with E-state index in [9.17, 15) is 4.79 Å². The first-order valence-electron chi connectivity index (χ1n) is 4.14. The Labute approximate surface area is 76.0 Å². The normalized spacial score (nSPS) is 12.8. The van der Waals surface area contributed by atoms with E-state index in [1.165, 1.54) is 6.07 Å². The Hall–Kier alpha value is -1.29. The number of nitrogens with two attached hydrogens (primary N) is 1. The first kappa shape index (κ1) is 9.80. The lowest BCUT2D eigenvalue weighted by molar-refractivity contribution is 0.399. The molecule has 0 aliphatic rings. The van der Waals surface area contributed by atoms with Crippen LogP contribution >= 0.6 is 0 Å². The van der Waals surface area contributed by atoms with Crippen LogP contribution in [0.1, 0.15) is 12.7 Å². The Balaban J connectivity index is 2.80. The Morgan fingerprint density at radius 3 is 2.92 bits per heavy atom. The maximum Gasteiger partial charge on any atom is 0.226 e. The molecule has 0 saturated heterocycles. The molecule has 0 amide bonds. The largest absolute Gasteiger partial charge is 0.502 e. The molecule has 1 heterocycles. The van der Waals surface area contributed by atoms with Gasteiger partial charge < -0.3 is 15.3 Å². The van der Waals surface area contributed by atoms with Crippen molar-refractivity contribution < 1.29 is 9.52 Å². The fourth-order valence-corrected chi connectivity index (χ4v) is 0.978. The van der Waals surface area contributed by atoms with E-state index >= 15 is 0 Å². The summed E-state index contributed by atoms with van der Waals surface area (Å²) in [6, 6.07) is 1.29. The van der Waals surface area contributed by atoms with E-state index in [-0.39, 0.29) is 11.7 Å². The molecule has 0 fully saturated rings. The fraction of sp³-hybridized carbons (Fsp3) is 0.444. The molecule has 0 aliphatic heterocycles. The molecule has 4 heteroatoms. The Morgan fingerprint density at radius 2 is 2.38 bits per heavy atom. The van der Waals surface area contributed by atoms with Crippen molar-refractivity contribution in [2.75, 3.05) is 6.54 Å². The minimum absolute atomic E-state index is 0.271. The highest BCUT2D eigenvalue weighted by atomic mass is 16.3. The summed E-state index contributed by atoms with van der Waals surface area (Å²) in [5.41, 5.74) is 5.01. The Bertz CT molecular complexity index is 332. The predicted molar refractivity (Wildman–Crippen MR) is 48.6 cm³/mol. The van der Waals surface area contributed by atoms with Crippen LogP contribution in [-0.2, 0) is 6.42 Å². The lowest BCUT2D eigenvalue weighted by Gasteiger charge is -2.06. The Kier molecular flexibility index (Phi) is 3.08. The average molecular weight is 183 g/mol. The van der Waals surface area contributed by atoms with Crippen LogP contribution in [0.4, 0.5) is 0 Å². The molecule has 4 nitrogen and oxygen atoms in total. The van der Waals surface area contributed by atoms with Crippen molar-refractivity contribution in [2.24, 2.45) is 11.7 Å². The van der Waals surface area contributed by atoms with Gasteiger partial charge in [0.25, 0.3) is 0 Å². The van der Waals surface area contributed by atoms with Crippen LogP contribution in [-0.4, -0.2) is 11.7 Å². The molecule has 3 N–H and O–H groups in total. The van der Waals surface area contributed by atoms with Crippen molar-refractivity contribution in [1.82, 2.24) is 0 Å². The maximum absolute atomic E-state index is 11.0. The van der Waals surface area contributed by atoms with Gasteiger partial charge >= 0.3 is 0 Å². The van der Waals surface area contributed by atoms with Gasteiger partial charge in [0.1, 0.15) is 12.0 Å². The van der Waals surface area contributed by atoms with Crippen molar-refractivity contribution in [2.45, 2.75) is 13.3 Å². The quantitative estimate of drug-likeness (QED) is 0.714. The summed E-state index contributed by atoms with van der Waals surface area (Å²) in [6.45, 7) is 2.51. The van der Waals surface area contributed by atoms with Crippen LogP contribution in [0, 0.1) is 5.92 Å². The summed E-state index contributed by atoms with van der Waals surface area (Å²) in [4.78, 5) is 11.0. The predicted octanol–water partition coefficient (Wildman–Crippen LogP) is 0.483. The van der Waals surface area contributed by atoms with Crippen molar-refractivity contribution in [1.29, 1.82) is 0 Å². The van der Waals surface area contributed by atoms with E-state index in [0.717, 1.165) is 6.26 Å². The second-order valence-electron chi connectivity index (χ2n) is 3.14. The van der Waals surface area contributed by atoms with E-state index in [0.29, 0.717) is 18.7 Å². The van der Waals surface area contributed by atoms with Gasteiger partial charge in [-0.3, -0.25) is 4.79 Å². The SMILES string of the molecule is CC(CN)Cc1cc(=O)c(O)co1. The van der Waals surface area contributed by atoms with E-state index in [4.69, 9.17) is 15.3 Å². The standard InChI is InChI=1S/C9H13NO3/c1-6(4-10)2-7-3-8(11)9(12)5-13-7/h3,5-6,12H,2,4,10H2,1H3. The van der Waals surface area contributed by atoms with Crippen LogP contribution in [0.5, 0.6) is 5.75 Å². The molecule has 1 aromatic heterocycles. The van der Waals surface area contributed by atoms with Crippen LogP contribution < -0.4 is 11.2 Å². The van der Waals surface area contributed by atoms with Crippen LogP contribution in [0.2, 0.25) is 0 Å². The van der Waals surface area contributed by atoms with Crippen molar-refractivity contribution in [3.05, 3.63) is 28.3 Å². The fourth-order valence-electron chi connectivity index (χ4n) is 0.978. The molecule has 0 saturated carbocycles. The number of hydrogen-bond acceptors (Lipinski definition) is 4. The summed E-state index contributed by atoms with van der Waals surface area (Å²) >= 11 is 0. The molecule has 1 rings (SSSR count). The highest BCUT2D eigenvalue weighted by molar-refractivity contribution is 5.15. The molecule has 1 atom stereocenters. The van der Waals surface area contributed by atoms with Gasteiger partial charge in [0.05, 0.1) is 0 Å². The third-order valence-electron chi connectivity index (χ3n) is 1.82. The molecule has 72 valence electrons. The first-order valence-corrected chi connectivity index (χ1v) is 4.14. The number of hydrogen-bond donors (Lipinski definition) is 2. The van der Waals surface area contributed by atoms with E-state index in [1.807, 2.05) is 6.92 Å². The van der Waals surface area contributed by atoms with Crippen molar-refractivity contribution >= 4 is 0 Å². The van der Waals surface area contributed by atoms with Gasteiger partial charge in [0, 0.05) is 12.5 Å². The van der Waals surface area contributed by atoms with Gasteiger partial charge in [0.2, 0.25) is 5.43 Å². The van der Waals surface area contributed by atoms with Gasteiger partial charge in [-0.15, -0.1) is 0 Å². The molecule has 13 heavy (non-hydrogen) atoms. The van der Waals surface area contributed by atoms with Gasteiger partial charge in [-0.05, 0) is 12.5 Å². The lowest BCUT2D eigenvalue weighted by atomic mass is 10.1. The molecule has 0 bridgehead atoms. The molecule has 0 spiro atoms. The van der Waals surface area contributed by atoms with Gasteiger partial charge in [-0.25, -0.2) is 0 Å². The molecular weight excluding hydrogens is 170 g/mol. The highest BCUT2D eigenvalue weighted by Gasteiger charge is 2.05. The minimum Gasteiger partial charge on any atom is -0.502 e. The summed E-state index contributed by atoms with van der Waals surface area (Å²) in [5, 5.41) is 8.90. The second-order valence-corrected chi connectivity index (χ2v) is 3.14. The Morgan fingerprint density at radius 1 is 1.69 bits per heavy atom. The van der Waals surface area contributed by atoms with Crippen LogP contribution in [0.15, 0.2) is 21.5 Å². The topological polar surface area (TPSA) is 76.5 Å². The molecule has 1 unspecified atom stereocenters. The summed E-state index contributed by atoms with van der Waals surface area (Å²) in [5.74, 6) is 0.470. The molecule has 0 radical (unpaired) electrons. The monoisotopic (exact) mass is 183 g/mol. The molecular formula is C9H13NO3. The third kappa shape index (κ3) is 2.59. The van der Waals surface area contributed by atoms with Crippen molar-refractivity contribution in [3.8, 4) is 5.75 Å². The molecule has 0 aromatic carbocycles. The third-order valence-corrected chi connectivity index (χ3v) is 1.82. The van der Waals surface area contributed by atoms with E-state index in [1.54, 1.807) is 0 Å². The van der Waals surface area contributed by atoms with Gasteiger partial charge in [-0.1, -0.05) is 6.92 Å². The van der Waals surface area contributed by atoms with Crippen LogP contribution in [0.25, 0.3) is 0 Å². The number of aromatic hydroxyl groups is 1.